The van der Waals surface area contributed by atoms with Gasteiger partial charge in [0.15, 0.2) is 0 Å². The second kappa shape index (κ2) is 6.44. The molecule has 0 saturated carbocycles. The minimum Gasteiger partial charge on any atom is -0.497 e. The summed E-state index contributed by atoms with van der Waals surface area (Å²) < 4.78 is 10.6. The van der Waals surface area contributed by atoms with Crippen LogP contribution in [0.5, 0.6) is 11.5 Å². The summed E-state index contributed by atoms with van der Waals surface area (Å²) in [5.74, 6) is -0.376. The van der Waals surface area contributed by atoms with E-state index >= 15 is 0 Å². The zero-order valence-corrected chi connectivity index (χ0v) is 11.4. The van der Waals surface area contributed by atoms with Crippen LogP contribution < -0.4 is 9.47 Å². The van der Waals surface area contributed by atoms with Crippen LogP contribution in [0.3, 0.4) is 0 Å². The van der Waals surface area contributed by atoms with E-state index in [1.807, 2.05) is 0 Å². The minimum atomic E-state index is -1.08. The lowest BCUT2D eigenvalue weighted by molar-refractivity contribution is 0.0691. The number of ether oxygens (including phenoxy) is 2. The molecule has 0 aliphatic carbocycles. The first-order chi connectivity index (χ1) is 10.2. The second-order valence-corrected chi connectivity index (χ2v) is 4.22. The molecule has 0 fully saturated rings. The number of carboxylic acid groups (broad SMARTS) is 1. The number of hydrogen-bond acceptors (Lipinski definition) is 4. The van der Waals surface area contributed by atoms with Gasteiger partial charge in [-0.2, -0.15) is 5.26 Å². The van der Waals surface area contributed by atoms with Crippen molar-refractivity contribution in [3.05, 3.63) is 59.2 Å². The van der Waals surface area contributed by atoms with Crippen LogP contribution in [0.1, 0.15) is 21.5 Å². The van der Waals surface area contributed by atoms with Crippen LogP contribution in [0, 0.1) is 11.3 Å². The lowest BCUT2D eigenvalue weighted by Gasteiger charge is -2.11. The highest BCUT2D eigenvalue weighted by Gasteiger charge is 2.13. The van der Waals surface area contributed by atoms with Crippen LogP contribution in [-0.4, -0.2) is 18.2 Å². The average Bonchev–Trinajstić information content (AvgIpc) is 2.52. The molecule has 5 heteroatoms. The molecule has 0 bridgehead atoms. The predicted molar refractivity (Wildman–Crippen MR) is 75.4 cm³/mol. The summed E-state index contributed by atoms with van der Waals surface area (Å²) >= 11 is 0. The predicted octanol–water partition coefficient (Wildman–Crippen LogP) is 2.84. The van der Waals surface area contributed by atoms with Crippen LogP contribution in [-0.2, 0) is 6.61 Å². The fourth-order valence-electron chi connectivity index (χ4n) is 1.84. The molecule has 106 valence electrons. The number of hydrogen-bond donors (Lipinski definition) is 1. The molecule has 2 aromatic rings. The van der Waals surface area contributed by atoms with Gasteiger partial charge in [0.05, 0.1) is 18.7 Å². The van der Waals surface area contributed by atoms with E-state index in [1.165, 1.54) is 19.2 Å². The number of methoxy groups -OCH3 is 1. The molecule has 0 saturated heterocycles. The fourth-order valence-corrected chi connectivity index (χ4v) is 1.84. The Morgan fingerprint density at radius 1 is 1.29 bits per heavy atom. The van der Waals surface area contributed by atoms with E-state index in [0.29, 0.717) is 16.9 Å². The van der Waals surface area contributed by atoms with Gasteiger partial charge < -0.3 is 14.6 Å². The van der Waals surface area contributed by atoms with Crippen molar-refractivity contribution in [3.8, 4) is 17.6 Å². The smallest absolute Gasteiger partial charge is 0.339 e. The highest BCUT2D eigenvalue weighted by Crippen LogP contribution is 2.26. The van der Waals surface area contributed by atoms with Crippen molar-refractivity contribution in [2.75, 3.05) is 7.11 Å². The molecule has 0 unspecified atom stereocenters. The van der Waals surface area contributed by atoms with Crippen molar-refractivity contribution in [3.63, 3.8) is 0 Å². The zero-order valence-electron chi connectivity index (χ0n) is 11.4. The first kappa shape index (κ1) is 14.4. The first-order valence-electron chi connectivity index (χ1n) is 6.18. The lowest BCUT2D eigenvalue weighted by atomic mass is 10.1. The van der Waals surface area contributed by atoms with Crippen LogP contribution in [0.15, 0.2) is 42.5 Å². The zero-order chi connectivity index (χ0) is 15.2. The van der Waals surface area contributed by atoms with Gasteiger partial charge in [-0.05, 0) is 18.2 Å². The van der Waals surface area contributed by atoms with Gasteiger partial charge in [-0.1, -0.05) is 18.2 Å². The summed E-state index contributed by atoms with van der Waals surface area (Å²) in [5, 5.41) is 18.2. The third-order valence-corrected chi connectivity index (χ3v) is 2.94. The van der Waals surface area contributed by atoms with Gasteiger partial charge in [0.25, 0.3) is 0 Å². The minimum absolute atomic E-state index is 0.0465. The van der Waals surface area contributed by atoms with E-state index in [9.17, 15) is 4.79 Å². The van der Waals surface area contributed by atoms with Crippen LogP contribution in [0.2, 0.25) is 0 Å². The number of benzene rings is 2. The highest BCUT2D eigenvalue weighted by molar-refractivity contribution is 5.91. The van der Waals surface area contributed by atoms with Crippen molar-refractivity contribution in [1.29, 1.82) is 5.26 Å². The molecule has 2 rings (SSSR count). The molecular weight excluding hydrogens is 270 g/mol. The number of nitrogens with zero attached hydrogens (tertiary/aromatic N) is 1. The molecule has 5 nitrogen and oxygen atoms in total. The molecule has 0 heterocycles. The maximum absolute atomic E-state index is 11.2. The summed E-state index contributed by atoms with van der Waals surface area (Å²) in [5.41, 5.74) is 1.24. The molecule has 21 heavy (non-hydrogen) atoms. The number of rotatable bonds is 5. The lowest BCUT2D eigenvalue weighted by Crippen LogP contribution is -2.04. The third-order valence-electron chi connectivity index (χ3n) is 2.94. The summed E-state index contributed by atoms with van der Waals surface area (Å²) in [6.45, 7) is 0.108. The van der Waals surface area contributed by atoms with Crippen molar-refractivity contribution in [1.82, 2.24) is 0 Å². The molecule has 0 atom stereocenters. The van der Waals surface area contributed by atoms with E-state index < -0.39 is 5.97 Å². The Morgan fingerprint density at radius 3 is 2.71 bits per heavy atom. The molecule has 0 aliphatic rings. The van der Waals surface area contributed by atoms with Gasteiger partial charge >= 0.3 is 5.97 Å². The number of nitriles is 1. The highest BCUT2D eigenvalue weighted by atomic mass is 16.5. The third kappa shape index (κ3) is 3.31. The number of carbonyl (C=O) groups is 1. The van der Waals surface area contributed by atoms with Crippen molar-refractivity contribution in [2.45, 2.75) is 6.61 Å². The van der Waals surface area contributed by atoms with E-state index in [4.69, 9.17) is 19.8 Å². The summed E-state index contributed by atoms with van der Waals surface area (Å²) in [7, 11) is 1.49. The van der Waals surface area contributed by atoms with Crippen LogP contribution >= 0.6 is 0 Å². The summed E-state index contributed by atoms with van der Waals surface area (Å²) in [6, 6.07) is 13.6. The fraction of sp³-hybridized carbons (Fsp3) is 0.125. The van der Waals surface area contributed by atoms with Gasteiger partial charge in [0, 0.05) is 11.6 Å². The van der Waals surface area contributed by atoms with Gasteiger partial charge in [0.2, 0.25) is 0 Å². The SMILES string of the molecule is COc1ccc(C(=O)O)c(OCc2ccccc2C#N)c1. The standard InChI is InChI=1S/C16H13NO4/c1-20-13-6-7-14(16(18)19)15(8-13)21-10-12-5-3-2-4-11(12)9-17/h2-8H,10H2,1H3,(H,18,19). The van der Waals surface area contributed by atoms with Gasteiger partial charge in [0.1, 0.15) is 23.7 Å². The Kier molecular flexibility index (Phi) is 4.42. The van der Waals surface area contributed by atoms with E-state index in [1.54, 1.807) is 30.3 Å². The van der Waals surface area contributed by atoms with Crippen molar-refractivity contribution in [2.24, 2.45) is 0 Å². The van der Waals surface area contributed by atoms with Crippen LogP contribution in [0.25, 0.3) is 0 Å². The molecular formula is C16H13NO4. The van der Waals surface area contributed by atoms with E-state index in [2.05, 4.69) is 6.07 Å². The summed E-state index contributed by atoms with van der Waals surface area (Å²) in [6.07, 6.45) is 0. The quantitative estimate of drug-likeness (QED) is 0.912. The van der Waals surface area contributed by atoms with Crippen molar-refractivity contribution >= 4 is 5.97 Å². The van der Waals surface area contributed by atoms with E-state index in [-0.39, 0.29) is 17.9 Å². The van der Waals surface area contributed by atoms with Gasteiger partial charge in [-0.3, -0.25) is 0 Å². The van der Waals surface area contributed by atoms with Gasteiger partial charge in [-0.15, -0.1) is 0 Å². The maximum Gasteiger partial charge on any atom is 0.339 e. The Labute approximate surface area is 122 Å². The Balaban J connectivity index is 2.27. The monoisotopic (exact) mass is 283 g/mol. The largest absolute Gasteiger partial charge is 0.497 e. The van der Waals surface area contributed by atoms with Gasteiger partial charge in [-0.25, -0.2) is 4.79 Å². The Hall–Kier alpha value is -3.00. The normalized spacial score (nSPS) is 9.71. The first-order valence-corrected chi connectivity index (χ1v) is 6.18. The van der Waals surface area contributed by atoms with Crippen molar-refractivity contribution < 1.29 is 19.4 Å². The molecule has 0 radical (unpaired) electrons. The molecule has 0 amide bonds. The molecule has 2 aromatic carbocycles. The Bertz CT molecular complexity index is 704. The second-order valence-electron chi connectivity index (χ2n) is 4.22. The topological polar surface area (TPSA) is 79.6 Å². The molecule has 0 aliphatic heterocycles. The Morgan fingerprint density at radius 2 is 2.05 bits per heavy atom. The number of aromatic carboxylic acids is 1. The maximum atomic E-state index is 11.2. The molecule has 0 spiro atoms. The number of carboxylic acids is 1. The molecule has 1 N–H and O–H groups in total. The van der Waals surface area contributed by atoms with E-state index in [0.717, 1.165) is 0 Å². The summed E-state index contributed by atoms with van der Waals surface area (Å²) in [4.78, 5) is 11.2. The van der Waals surface area contributed by atoms with Crippen LogP contribution in [0.4, 0.5) is 0 Å². The molecule has 0 aromatic heterocycles. The average molecular weight is 283 g/mol.